The van der Waals surface area contributed by atoms with Crippen LogP contribution >= 0.6 is 0 Å². The molecule has 3 N–H and O–H groups in total. The molecule has 0 bridgehead atoms. The largest absolute Gasteiger partial charge is 0.390 e. The maximum absolute atomic E-state index is 12.3. The molecule has 1 aliphatic carbocycles. The molecule has 0 aromatic heterocycles. The molecular weight excluding hydrogens is 316 g/mol. The molecule has 5 nitrogen and oxygen atoms in total. The van der Waals surface area contributed by atoms with Gasteiger partial charge in [-0.3, -0.25) is 0 Å². The van der Waals surface area contributed by atoms with Gasteiger partial charge in [0, 0.05) is 12.1 Å². The molecule has 0 unspecified atom stereocenters. The number of carbonyl (C=O) groups excluding carboxylic acids is 1. The Bertz CT molecular complexity index is 745. The average Bonchev–Trinajstić information content (AvgIpc) is 2.89. The highest BCUT2D eigenvalue weighted by molar-refractivity contribution is 5.89. The van der Waals surface area contributed by atoms with Gasteiger partial charge in [-0.2, -0.15) is 0 Å². The van der Waals surface area contributed by atoms with E-state index in [9.17, 15) is 9.90 Å². The summed E-state index contributed by atoms with van der Waals surface area (Å²) in [5.41, 5.74) is 3.75. The molecule has 2 amide bonds. The van der Waals surface area contributed by atoms with E-state index >= 15 is 0 Å². The van der Waals surface area contributed by atoms with Crippen molar-refractivity contribution in [2.24, 2.45) is 0 Å². The van der Waals surface area contributed by atoms with Gasteiger partial charge < -0.3 is 20.5 Å². The van der Waals surface area contributed by atoms with Crippen molar-refractivity contribution in [3.63, 3.8) is 0 Å². The normalized spacial score (nSPS) is 18.9. The highest BCUT2D eigenvalue weighted by atomic mass is 16.5. The summed E-state index contributed by atoms with van der Waals surface area (Å²) in [6, 6.07) is 14.6. The number of fused-ring (bicyclic) bond motifs is 1. The molecule has 0 spiro atoms. The second-order valence-electron chi connectivity index (χ2n) is 6.61. The fourth-order valence-corrected chi connectivity index (χ4v) is 3.06. The van der Waals surface area contributed by atoms with Gasteiger partial charge in [-0.1, -0.05) is 36.4 Å². The lowest BCUT2D eigenvalue weighted by Crippen LogP contribution is -2.36. The Hall–Kier alpha value is -2.37. The van der Waals surface area contributed by atoms with Crippen LogP contribution in [-0.2, 0) is 17.8 Å². The van der Waals surface area contributed by atoms with E-state index in [0.717, 1.165) is 16.7 Å². The molecule has 2 aromatic rings. The van der Waals surface area contributed by atoms with Crippen LogP contribution in [0, 0.1) is 0 Å². The highest BCUT2D eigenvalue weighted by Gasteiger charge is 2.31. The Morgan fingerprint density at radius 1 is 1.24 bits per heavy atom. The number of aliphatic hydroxyl groups excluding tert-OH is 1. The van der Waals surface area contributed by atoms with Crippen LogP contribution in [-0.4, -0.2) is 23.3 Å². The third-order valence-corrected chi connectivity index (χ3v) is 4.26. The number of nitrogens with one attached hydrogen (secondary N) is 2. The van der Waals surface area contributed by atoms with E-state index in [1.165, 1.54) is 0 Å². The highest BCUT2D eigenvalue weighted by Crippen LogP contribution is 2.31. The average molecular weight is 340 g/mol. The molecule has 0 heterocycles. The summed E-state index contributed by atoms with van der Waals surface area (Å²) >= 11 is 0. The molecule has 132 valence electrons. The monoisotopic (exact) mass is 340 g/mol. The first-order chi connectivity index (χ1) is 12.0. The van der Waals surface area contributed by atoms with Gasteiger partial charge in [-0.05, 0) is 42.7 Å². The lowest BCUT2D eigenvalue weighted by molar-refractivity contribution is 0.0657. The van der Waals surface area contributed by atoms with Crippen LogP contribution in [0.15, 0.2) is 48.5 Å². The minimum Gasteiger partial charge on any atom is -0.390 e. The summed E-state index contributed by atoms with van der Waals surface area (Å²) in [5, 5.41) is 15.9. The summed E-state index contributed by atoms with van der Waals surface area (Å²) in [7, 11) is 0. The predicted octanol–water partition coefficient (Wildman–Crippen LogP) is 3.39. The summed E-state index contributed by atoms with van der Waals surface area (Å²) in [5.74, 6) is 0. The lowest BCUT2D eigenvalue weighted by Gasteiger charge is -2.18. The van der Waals surface area contributed by atoms with E-state index in [1.807, 2.05) is 62.4 Å². The number of amides is 2. The van der Waals surface area contributed by atoms with Gasteiger partial charge in [0.15, 0.2) is 0 Å². The van der Waals surface area contributed by atoms with Crippen molar-refractivity contribution in [3.8, 4) is 0 Å². The molecular formula is C20H24N2O3. The SMILES string of the molecule is CC(C)OCc1cccc(NC(=O)N[C@@H]2c3ccccc3C[C@@H]2O)c1. The van der Waals surface area contributed by atoms with E-state index in [-0.39, 0.29) is 18.2 Å². The zero-order valence-electron chi connectivity index (χ0n) is 14.5. The molecule has 2 aromatic carbocycles. The molecule has 2 atom stereocenters. The second kappa shape index (κ2) is 7.68. The fraction of sp³-hybridized carbons (Fsp3) is 0.350. The van der Waals surface area contributed by atoms with Gasteiger partial charge in [0.1, 0.15) is 0 Å². The first kappa shape index (κ1) is 17.5. The number of hydrogen-bond acceptors (Lipinski definition) is 3. The number of carbonyl (C=O) groups is 1. The van der Waals surface area contributed by atoms with Crippen molar-refractivity contribution in [2.45, 2.75) is 45.1 Å². The Balaban J connectivity index is 1.62. The Kier molecular flexibility index (Phi) is 5.36. The minimum absolute atomic E-state index is 0.156. The first-order valence-electron chi connectivity index (χ1n) is 8.57. The minimum atomic E-state index is -0.603. The standard InChI is InChI=1S/C20H24N2O3/c1-13(2)25-12-14-6-5-8-16(10-14)21-20(24)22-19-17-9-4-3-7-15(17)11-18(19)23/h3-10,13,18-19,23H,11-12H2,1-2H3,(H2,21,22,24)/t18-,19+/m0/s1. The van der Waals surface area contributed by atoms with Crippen LogP contribution in [0.3, 0.4) is 0 Å². The lowest BCUT2D eigenvalue weighted by atomic mass is 10.1. The smallest absolute Gasteiger partial charge is 0.319 e. The molecule has 0 saturated carbocycles. The number of ether oxygens (including phenoxy) is 1. The molecule has 0 aliphatic heterocycles. The van der Waals surface area contributed by atoms with Gasteiger partial charge in [0.05, 0.1) is 24.9 Å². The van der Waals surface area contributed by atoms with E-state index in [1.54, 1.807) is 0 Å². The number of hydrogen-bond donors (Lipinski definition) is 3. The van der Waals surface area contributed by atoms with Crippen molar-refractivity contribution in [2.75, 3.05) is 5.32 Å². The van der Waals surface area contributed by atoms with Crippen LogP contribution in [0.1, 0.15) is 36.6 Å². The molecule has 0 fully saturated rings. The number of rotatable bonds is 5. The Labute approximate surface area is 148 Å². The van der Waals surface area contributed by atoms with Crippen LogP contribution in [0.2, 0.25) is 0 Å². The fourth-order valence-electron chi connectivity index (χ4n) is 3.06. The molecule has 0 radical (unpaired) electrons. The van der Waals surface area contributed by atoms with Gasteiger partial charge in [0.2, 0.25) is 0 Å². The molecule has 1 aliphatic rings. The number of urea groups is 1. The number of anilines is 1. The predicted molar refractivity (Wildman–Crippen MR) is 97.4 cm³/mol. The first-order valence-corrected chi connectivity index (χ1v) is 8.57. The third kappa shape index (κ3) is 4.38. The summed E-state index contributed by atoms with van der Waals surface area (Å²) in [4.78, 5) is 12.3. The molecule has 5 heteroatoms. The van der Waals surface area contributed by atoms with E-state index < -0.39 is 6.10 Å². The maximum Gasteiger partial charge on any atom is 0.319 e. The van der Waals surface area contributed by atoms with Gasteiger partial charge in [-0.25, -0.2) is 4.79 Å². The Morgan fingerprint density at radius 3 is 2.84 bits per heavy atom. The quantitative estimate of drug-likeness (QED) is 0.781. The van der Waals surface area contributed by atoms with Crippen molar-refractivity contribution < 1.29 is 14.6 Å². The van der Waals surface area contributed by atoms with Crippen LogP contribution in [0.5, 0.6) is 0 Å². The van der Waals surface area contributed by atoms with Crippen LogP contribution in [0.4, 0.5) is 10.5 Å². The van der Waals surface area contributed by atoms with E-state index in [0.29, 0.717) is 18.7 Å². The van der Waals surface area contributed by atoms with E-state index in [4.69, 9.17) is 4.74 Å². The second-order valence-corrected chi connectivity index (χ2v) is 6.61. The summed E-state index contributed by atoms with van der Waals surface area (Å²) in [6.07, 6.45) is 0.112. The number of benzene rings is 2. The summed E-state index contributed by atoms with van der Waals surface area (Å²) in [6.45, 7) is 4.48. The molecule has 3 rings (SSSR count). The molecule has 0 saturated heterocycles. The van der Waals surface area contributed by atoms with E-state index in [2.05, 4.69) is 10.6 Å². The van der Waals surface area contributed by atoms with Crippen molar-refractivity contribution in [1.82, 2.24) is 5.32 Å². The summed E-state index contributed by atoms with van der Waals surface area (Å²) < 4.78 is 5.59. The van der Waals surface area contributed by atoms with Gasteiger partial charge in [-0.15, -0.1) is 0 Å². The van der Waals surface area contributed by atoms with Crippen LogP contribution in [0.25, 0.3) is 0 Å². The third-order valence-electron chi connectivity index (χ3n) is 4.26. The zero-order valence-corrected chi connectivity index (χ0v) is 14.5. The van der Waals surface area contributed by atoms with Gasteiger partial charge in [0.25, 0.3) is 0 Å². The Morgan fingerprint density at radius 2 is 2.04 bits per heavy atom. The van der Waals surface area contributed by atoms with Gasteiger partial charge >= 0.3 is 6.03 Å². The van der Waals surface area contributed by atoms with Crippen molar-refractivity contribution in [3.05, 3.63) is 65.2 Å². The molecule has 25 heavy (non-hydrogen) atoms. The van der Waals surface area contributed by atoms with Crippen LogP contribution < -0.4 is 10.6 Å². The number of aliphatic hydroxyl groups is 1. The van der Waals surface area contributed by atoms with Crippen molar-refractivity contribution >= 4 is 11.7 Å². The maximum atomic E-state index is 12.3. The van der Waals surface area contributed by atoms with Crippen molar-refractivity contribution in [1.29, 1.82) is 0 Å². The zero-order chi connectivity index (χ0) is 17.8. The topological polar surface area (TPSA) is 70.6 Å².